The maximum absolute atomic E-state index is 12.3. The number of hydrogen-bond donors (Lipinski definition) is 1. The van der Waals surface area contributed by atoms with Crippen LogP contribution in [0.4, 0.5) is 18.9 Å². The maximum Gasteiger partial charge on any atom is 0.427 e. The molecule has 0 aromatic heterocycles. The molecule has 1 aliphatic rings. The summed E-state index contributed by atoms with van der Waals surface area (Å²) in [5, 5.41) is 2.99. The van der Waals surface area contributed by atoms with Crippen LogP contribution in [0.2, 0.25) is 5.02 Å². The molecule has 2 rings (SSSR count). The predicted molar refractivity (Wildman–Crippen MR) is 50.4 cm³/mol. The number of anilines is 1. The first-order chi connectivity index (χ1) is 6.97. The van der Waals surface area contributed by atoms with Gasteiger partial charge in [0.25, 0.3) is 0 Å². The number of fused-ring (bicyclic) bond motifs is 1. The Morgan fingerprint density at radius 3 is 2.80 bits per heavy atom. The molecule has 1 aromatic rings. The van der Waals surface area contributed by atoms with Crippen molar-refractivity contribution in [1.82, 2.24) is 0 Å². The number of rotatable bonds is 0. The fourth-order valence-electron chi connectivity index (χ4n) is 1.32. The first kappa shape index (κ1) is 10.4. The van der Waals surface area contributed by atoms with E-state index in [0.29, 0.717) is 10.7 Å². The summed E-state index contributed by atoms with van der Waals surface area (Å²) in [5.74, 6) is 0.135. The van der Waals surface area contributed by atoms with Crippen LogP contribution in [0.15, 0.2) is 18.2 Å². The molecule has 82 valence electrons. The van der Waals surface area contributed by atoms with Gasteiger partial charge in [-0.1, -0.05) is 11.6 Å². The van der Waals surface area contributed by atoms with E-state index in [9.17, 15) is 13.2 Å². The van der Waals surface area contributed by atoms with E-state index in [0.717, 1.165) is 0 Å². The Kier molecular flexibility index (Phi) is 2.42. The zero-order valence-corrected chi connectivity index (χ0v) is 8.19. The lowest BCUT2D eigenvalue weighted by Gasteiger charge is -2.28. The highest BCUT2D eigenvalue weighted by molar-refractivity contribution is 6.30. The van der Waals surface area contributed by atoms with E-state index in [1.54, 1.807) is 12.1 Å². The van der Waals surface area contributed by atoms with Crippen LogP contribution in [0.25, 0.3) is 0 Å². The van der Waals surface area contributed by atoms with Gasteiger partial charge in [-0.05, 0) is 12.1 Å². The van der Waals surface area contributed by atoms with Crippen LogP contribution in [0.5, 0.6) is 5.75 Å². The molecule has 1 N–H and O–H groups in total. The zero-order chi connectivity index (χ0) is 11.1. The summed E-state index contributed by atoms with van der Waals surface area (Å²) in [6, 6.07) is 4.54. The summed E-state index contributed by atoms with van der Waals surface area (Å²) in [6.07, 6.45) is -6.18. The van der Waals surface area contributed by atoms with Crippen LogP contribution in [0.3, 0.4) is 0 Å². The van der Waals surface area contributed by atoms with E-state index in [1.165, 1.54) is 6.07 Å². The molecule has 6 heteroatoms. The minimum absolute atomic E-state index is 0.135. The van der Waals surface area contributed by atoms with E-state index >= 15 is 0 Å². The van der Waals surface area contributed by atoms with Crippen molar-refractivity contribution in [3.8, 4) is 5.75 Å². The molecular formula is C9H7ClF3NO. The molecule has 15 heavy (non-hydrogen) atoms. The third kappa shape index (κ3) is 2.12. The number of benzene rings is 1. The molecule has 1 heterocycles. The second kappa shape index (κ2) is 3.48. The molecular weight excluding hydrogens is 231 g/mol. The monoisotopic (exact) mass is 237 g/mol. The molecule has 0 aliphatic carbocycles. The van der Waals surface area contributed by atoms with Gasteiger partial charge in [0.1, 0.15) is 5.75 Å². The largest absolute Gasteiger partial charge is 0.477 e. The summed E-state index contributed by atoms with van der Waals surface area (Å²) in [5.41, 5.74) is 0.528. The van der Waals surface area contributed by atoms with Gasteiger partial charge in [-0.3, -0.25) is 0 Å². The molecule has 0 saturated heterocycles. The molecule has 0 amide bonds. The summed E-state index contributed by atoms with van der Waals surface area (Å²) in [6.45, 7) is -0.280. The van der Waals surface area contributed by atoms with Crippen LogP contribution < -0.4 is 10.1 Å². The number of halogens is 4. The van der Waals surface area contributed by atoms with Gasteiger partial charge >= 0.3 is 6.18 Å². The predicted octanol–water partition coefficient (Wildman–Crippen LogP) is 3.08. The lowest BCUT2D eigenvalue weighted by molar-refractivity contribution is -0.191. The minimum atomic E-state index is -4.37. The fourth-order valence-corrected chi connectivity index (χ4v) is 1.48. The van der Waals surface area contributed by atoms with Crippen LogP contribution in [0.1, 0.15) is 0 Å². The zero-order valence-electron chi connectivity index (χ0n) is 7.44. The molecule has 1 aromatic carbocycles. The number of hydrogen-bond acceptors (Lipinski definition) is 2. The van der Waals surface area contributed by atoms with Gasteiger partial charge in [0, 0.05) is 11.1 Å². The van der Waals surface area contributed by atoms with Crippen LogP contribution in [-0.4, -0.2) is 18.8 Å². The standard InChI is InChI=1S/C9H7ClF3NO/c10-5-1-2-6-7(3-5)15-8(4-14-6)9(11,12)13/h1-3,8,14H,4H2. The normalized spacial score (nSPS) is 20.1. The third-order valence-electron chi connectivity index (χ3n) is 2.06. The number of ether oxygens (including phenoxy) is 1. The summed E-state index contributed by atoms with van der Waals surface area (Å²) < 4.78 is 41.8. The van der Waals surface area contributed by atoms with Gasteiger partial charge < -0.3 is 10.1 Å². The highest BCUT2D eigenvalue weighted by Crippen LogP contribution is 2.35. The van der Waals surface area contributed by atoms with Gasteiger partial charge in [0.2, 0.25) is 6.10 Å². The quantitative estimate of drug-likeness (QED) is 0.749. The summed E-state index contributed by atoms with van der Waals surface area (Å²) >= 11 is 5.65. The van der Waals surface area contributed by atoms with E-state index < -0.39 is 12.3 Å². The Labute approximate surface area is 89.0 Å². The highest BCUT2D eigenvalue weighted by atomic mass is 35.5. The average Bonchev–Trinajstić information content (AvgIpc) is 2.15. The maximum atomic E-state index is 12.3. The van der Waals surface area contributed by atoms with Crippen molar-refractivity contribution in [2.24, 2.45) is 0 Å². The topological polar surface area (TPSA) is 21.3 Å². The molecule has 0 bridgehead atoms. The fraction of sp³-hybridized carbons (Fsp3) is 0.333. The first-order valence-corrected chi connectivity index (χ1v) is 4.61. The Morgan fingerprint density at radius 2 is 2.13 bits per heavy atom. The Hall–Kier alpha value is -1.10. The Bertz CT molecular complexity index is 380. The molecule has 1 atom stereocenters. The van der Waals surface area contributed by atoms with Crippen molar-refractivity contribution in [2.75, 3.05) is 11.9 Å². The molecule has 0 spiro atoms. The van der Waals surface area contributed by atoms with Crippen LogP contribution in [0, 0.1) is 0 Å². The molecule has 2 nitrogen and oxygen atoms in total. The van der Waals surface area contributed by atoms with Gasteiger partial charge in [-0.15, -0.1) is 0 Å². The van der Waals surface area contributed by atoms with Gasteiger partial charge in [-0.2, -0.15) is 13.2 Å². The lowest BCUT2D eigenvalue weighted by atomic mass is 10.2. The molecule has 0 fully saturated rings. The smallest absolute Gasteiger partial charge is 0.427 e. The number of alkyl halides is 3. The molecule has 0 saturated carbocycles. The van der Waals surface area contributed by atoms with Crippen molar-refractivity contribution in [1.29, 1.82) is 0 Å². The highest BCUT2D eigenvalue weighted by Gasteiger charge is 2.43. The summed E-state index contributed by atoms with van der Waals surface area (Å²) in [7, 11) is 0. The third-order valence-corrected chi connectivity index (χ3v) is 2.29. The second-order valence-electron chi connectivity index (χ2n) is 3.17. The van der Waals surface area contributed by atoms with Crippen molar-refractivity contribution in [3.63, 3.8) is 0 Å². The van der Waals surface area contributed by atoms with E-state index in [1.807, 2.05) is 0 Å². The first-order valence-electron chi connectivity index (χ1n) is 4.23. The molecule has 1 unspecified atom stereocenters. The SMILES string of the molecule is FC(F)(F)C1CNc2ccc(Cl)cc2O1. The molecule has 1 aliphatic heterocycles. The van der Waals surface area contributed by atoms with Crippen LogP contribution >= 0.6 is 11.6 Å². The van der Waals surface area contributed by atoms with Gasteiger partial charge in [0.15, 0.2) is 0 Å². The van der Waals surface area contributed by atoms with E-state index in [2.05, 4.69) is 5.32 Å². The van der Waals surface area contributed by atoms with Crippen molar-refractivity contribution >= 4 is 17.3 Å². The Morgan fingerprint density at radius 1 is 1.40 bits per heavy atom. The number of nitrogens with one attached hydrogen (secondary N) is 1. The van der Waals surface area contributed by atoms with Crippen molar-refractivity contribution < 1.29 is 17.9 Å². The van der Waals surface area contributed by atoms with E-state index in [4.69, 9.17) is 16.3 Å². The second-order valence-corrected chi connectivity index (χ2v) is 3.61. The van der Waals surface area contributed by atoms with Crippen molar-refractivity contribution in [2.45, 2.75) is 12.3 Å². The van der Waals surface area contributed by atoms with Crippen molar-refractivity contribution in [3.05, 3.63) is 23.2 Å². The lowest BCUT2D eigenvalue weighted by Crippen LogP contribution is -2.42. The van der Waals surface area contributed by atoms with Gasteiger partial charge in [0.05, 0.1) is 12.2 Å². The minimum Gasteiger partial charge on any atom is -0.477 e. The van der Waals surface area contributed by atoms with Gasteiger partial charge in [-0.25, -0.2) is 0 Å². The Balaban J connectivity index is 2.26. The molecule has 0 radical (unpaired) electrons. The van der Waals surface area contributed by atoms with E-state index in [-0.39, 0.29) is 12.3 Å². The van der Waals surface area contributed by atoms with Crippen LogP contribution in [-0.2, 0) is 0 Å². The summed E-state index contributed by atoms with van der Waals surface area (Å²) in [4.78, 5) is 0. The average molecular weight is 238 g/mol.